The minimum Gasteiger partial charge on any atom is -0.489 e. The fraction of sp³-hybridized carbons (Fsp3) is 0.556. The smallest absolute Gasteiger partial charge is 0.234 e. The van der Waals surface area contributed by atoms with Crippen molar-refractivity contribution in [1.82, 2.24) is 9.80 Å². The molecule has 6 nitrogen and oxygen atoms in total. The number of para-hydroxylation sites is 1. The lowest BCUT2D eigenvalue weighted by atomic mass is 10.0. The first-order valence-corrected chi connectivity index (χ1v) is 8.57. The molecule has 2 fully saturated rings. The van der Waals surface area contributed by atoms with Gasteiger partial charge in [-0.15, -0.1) is 0 Å². The molecule has 2 N–H and O–H groups in total. The zero-order valence-electron chi connectivity index (χ0n) is 14.1. The van der Waals surface area contributed by atoms with Crippen molar-refractivity contribution in [1.29, 1.82) is 0 Å². The lowest BCUT2D eigenvalue weighted by molar-refractivity contribution is -0.131. The van der Waals surface area contributed by atoms with Crippen LogP contribution in [0.15, 0.2) is 30.3 Å². The van der Waals surface area contributed by atoms with E-state index in [2.05, 4.69) is 4.90 Å². The van der Waals surface area contributed by atoms with Crippen LogP contribution in [0.4, 0.5) is 0 Å². The molecule has 0 spiro atoms. The molecule has 1 aromatic rings. The summed E-state index contributed by atoms with van der Waals surface area (Å²) < 4.78 is 6.02. The van der Waals surface area contributed by atoms with E-state index >= 15 is 0 Å². The number of amides is 2. The normalized spacial score (nSPS) is 25.6. The van der Waals surface area contributed by atoms with E-state index in [0.29, 0.717) is 13.0 Å². The molecular weight excluding hydrogens is 306 g/mol. The number of carbonyl (C=O) groups excluding carboxylic acids is 2. The fourth-order valence-electron chi connectivity index (χ4n) is 3.79. The highest BCUT2D eigenvalue weighted by atomic mass is 16.5. The number of carbonyl (C=O) groups is 2. The molecule has 130 valence electrons. The molecule has 2 saturated heterocycles. The summed E-state index contributed by atoms with van der Waals surface area (Å²) in [5, 5.41) is 0. The predicted octanol–water partition coefficient (Wildman–Crippen LogP) is 1.00. The average molecular weight is 331 g/mol. The van der Waals surface area contributed by atoms with E-state index in [1.807, 2.05) is 35.2 Å². The van der Waals surface area contributed by atoms with Gasteiger partial charge in [0, 0.05) is 39.0 Å². The number of primary amides is 1. The van der Waals surface area contributed by atoms with Crippen molar-refractivity contribution >= 4 is 11.8 Å². The Morgan fingerprint density at radius 1 is 1.17 bits per heavy atom. The number of ether oxygens (including phenoxy) is 1. The van der Waals surface area contributed by atoms with Crippen molar-refractivity contribution in [2.75, 3.05) is 19.6 Å². The second-order valence-electron chi connectivity index (χ2n) is 6.64. The maximum absolute atomic E-state index is 11.9. The van der Waals surface area contributed by atoms with E-state index in [1.54, 1.807) is 6.92 Å². The first-order valence-electron chi connectivity index (χ1n) is 8.57. The van der Waals surface area contributed by atoms with Crippen LogP contribution in [0, 0.1) is 0 Å². The number of nitrogens with two attached hydrogens (primary N) is 1. The van der Waals surface area contributed by atoms with Crippen LogP contribution in [-0.2, 0) is 9.59 Å². The van der Waals surface area contributed by atoms with Crippen LogP contribution in [0.5, 0.6) is 5.75 Å². The highest BCUT2D eigenvalue weighted by Gasteiger charge is 2.41. The predicted molar refractivity (Wildman–Crippen MR) is 90.4 cm³/mol. The Balaban J connectivity index is 1.63. The first kappa shape index (κ1) is 16.8. The Kier molecular flexibility index (Phi) is 5.04. The van der Waals surface area contributed by atoms with E-state index in [0.717, 1.165) is 31.7 Å². The van der Waals surface area contributed by atoms with Gasteiger partial charge < -0.3 is 15.4 Å². The molecule has 0 aliphatic carbocycles. The van der Waals surface area contributed by atoms with Crippen LogP contribution in [0.1, 0.15) is 26.2 Å². The quantitative estimate of drug-likeness (QED) is 0.893. The lowest BCUT2D eigenvalue weighted by Crippen LogP contribution is -2.51. The van der Waals surface area contributed by atoms with E-state index in [9.17, 15) is 9.59 Å². The third-order valence-electron chi connectivity index (χ3n) is 5.05. The molecular formula is C18H25N3O3. The van der Waals surface area contributed by atoms with E-state index < -0.39 is 0 Å². The van der Waals surface area contributed by atoms with Crippen molar-refractivity contribution in [3.8, 4) is 5.75 Å². The molecule has 0 saturated carbocycles. The SMILES string of the molecule is CC(=O)N1CCC(N2C[C@@H](Oc3ccccc3)C[C@H]2C(N)=O)CC1. The van der Waals surface area contributed by atoms with E-state index in [1.165, 1.54) is 0 Å². The van der Waals surface area contributed by atoms with E-state index in [4.69, 9.17) is 10.5 Å². The molecule has 2 aliphatic heterocycles. The number of rotatable bonds is 4. The summed E-state index contributed by atoms with van der Waals surface area (Å²) in [5.41, 5.74) is 5.63. The highest BCUT2D eigenvalue weighted by molar-refractivity contribution is 5.80. The highest BCUT2D eigenvalue weighted by Crippen LogP contribution is 2.28. The van der Waals surface area contributed by atoms with Gasteiger partial charge in [-0.25, -0.2) is 0 Å². The number of hydrogen-bond donors (Lipinski definition) is 1. The molecule has 6 heteroatoms. The molecule has 0 radical (unpaired) electrons. The van der Waals surface area contributed by atoms with Crippen molar-refractivity contribution in [2.45, 2.75) is 44.4 Å². The van der Waals surface area contributed by atoms with Crippen LogP contribution in [0.2, 0.25) is 0 Å². The third kappa shape index (κ3) is 3.70. The third-order valence-corrected chi connectivity index (χ3v) is 5.05. The largest absolute Gasteiger partial charge is 0.489 e. The second kappa shape index (κ2) is 7.21. The van der Waals surface area contributed by atoms with Gasteiger partial charge in [-0.05, 0) is 25.0 Å². The van der Waals surface area contributed by atoms with Gasteiger partial charge in [-0.3, -0.25) is 14.5 Å². The molecule has 24 heavy (non-hydrogen) atoms. The number of hydrogen-bond acceptors (Lipinski definition) is 4. The number of piperidine rings is 1. The Hall–Kier alpha value is -2.08. The minimum absolute atomic E-state index is 0.0317. The summed E-state index contributed by atoms with van der Waals surface area (Å²) in [5.74, 6) is 0.647. The molecule has 2 atom stereocenters. The fourth-order valence-corrected chi connectivity index (χ4v) is 3.79. The summed E-state index contributed by atoms with van der Waals surface area (Å²) in [7, 11) is 0. The van der Waals surface area contributed by atoms with Crippen molar-refractivity contribution in [3.05, 3.63) is 30.3 Å². The minimum atomic E-state index is -0.289. The summed E-state index contributed by atoms with van der Waals surface area (Å²) >= 11 is 0. The van der Waals surface area contributed by atoms with Crippen LogP contribution < -0.4 is 10.5 Å². The van der Waals surface area contributed by atoms with Gasteiger partial charge >= 0.3 is 0 Å². The number of nitrogens with zero attached hydrogens (tertiary/aromatic N) is 2. The second-order valence-corrected chi connectivity index (χ2v) is 6.64. The van der Waals surface area contributed by atoms with Gasteiger partial charge in [0.25, 0.3) is 0 Å². The zero-order valence-corrected chi connectivity index (χ0v) is 14.1. The summed E-state index contributed by atoms with van der Waals surface area (Å²) in [6.07, 6.45) is 2.34. The van der Waals surface area contributed by atoms with Crippen LogP contribution in [0.3, 0.4) is 0 Å². The van der Waals surface area contributed by atoms with Gasteiger partial charge in [-0.2, -0.15) is 0 Å². The maximum Gasteiger partial charge on any atom is 0.234 e. The topological polar surface area (TPSA) is 75.9 Å². The van der Waals surface area contributed by atoms with Crippen LogP contribution >= 0.6 is 0 Å². The van der Waals surface area contributed by atoms with Gasteiger partial charge in [0.2, 0.25) is 11.8 Å². The Morgan fingerprint density at radius 3 is 2.42 bits per heavy atom. The van der Waals surface area contributed by atoms with E-state index in [-0.39, 0.29) is 30.0 Å². The standard InChI is InChI=1S/C18H25N3O3/c1-13(22)20-9-7-14(8-10-20)21-12-16(11-17(21)18(19)23)24-15-5-3-2-4-6-15/h2-6,14,16-17H,7-12H2,1H3,(H2,19,23)/t16-,17-/m0/s1. The van der Waals surface area contributed by atoms with Crippen molar-refractivity contribution < 1.29 is 14.3 Å². The average Bonchev–Trinajstić information content (AvgIpc) is 3.00. The van der Waals surface area contributed by atoms with Gasteiger partial charge in [0.15, 0.2) is 0 Å². The Labute approximate surface area is 142 Å². The molecule has 0 unspecified atom stereocenters. The van der Waals surface area contributed by atoms with Crippen LogP contribution in [0.25, 0.3) is 0 Å². The molecule has 0 aromatic heterocycles. The molecule has 2 aliphatic rings. The molecule has 0 bridgehead atoms. The van der Waals surface area contributed by atoms with Gasteiger partial charge in [0.05, 0.1) is 6.04 Å². The number of benzene rings is 1. The molecule has 2 heterocycles. The first-order chi connectivity index (χ1) is 11.5. The van der Waals surface area contributed by atoms with Gasteiger partial charge in [0.1, 0.15) is 11.9 Å². The monoisotopic (exact) mass is 331 g/mol. The molecule has 3 rings (SSSR count). The van der Waals surface area contributed by atoms with Gasteiger partial charge in [-0.1, -0.05) is 18.2 Å². The van der Waals surface area contributed by atoms with Crippen molar-refractivity contribution in [2.24, 2.45) is 5.73 Å². The molecule has 2 amide bonds. The molecule has 1 aromatic carbocycles. The Bertz CT molecular complexity index is 584. The maximum atomic E-state index is 11.9. The Morgan fingerprint density at radius 2 is 1.83 bits per heavy atom. The lowest BCUT2D eigenvalue weighted by Gasteiger charge is -2.38. The zero-order chi connectivity index (χ0) is 17.1. The summed E-state index contributed by atoms with van der Waals surface area (Å²) in [6, 6.07) is 9.66. The van der Waals surface area contributed by atoms with Crippen LogP contribution in [-0.4, -0.2) is 59.4 Å². The van der Waals surface area contributed by atoms with Crippen molar-refractivity contribution in [3.63, 3.8) is 0 Å². The summed E-state index contributed by atoms with van der Waals surface area (Å²) in [4.78, 5) is 27.4. The summed E-state index contributed by atoms with van der Waals surface area (Å²) in [6.45, 7) is 3.79. The number of likely N-dealkylation sites (tertiary alicyclic amines) is 2.